The van der Waals surface area contributed by atoms with Gasteiger partial charge in [-0.25, -0.2) is 0 Å². The first kappa shape index (κ1) is 15.2. The zero-order chi connectivity index (χ0) is 14.3. The number of nitrogens with two attached hydrogens (primary N) is 1. The maximum atomic E-state index is 11.9. The molecule has 2 heterocycles. The number of hydrogen-bond acceptors (Lipinski definition) is 4. The Morgan fingerprint density at radius 3 is 2.86 bits per heavy atom. The Balaban J connectivity index is 0.00000161. The van der Waals surface area contributed by atoms with Crippen LogP contribution < -0.4 is 15.9 Å². The van der Waals surface area contributed by atoms with Crippen LogP contribution in [0.2, 0.25) is 0 Å². The number of nitrogens with one attached hydrogen (secondary N) is 2. The third-order valence-electron chi connectivity index (χ3n) is 3.69. The predicted molar refractivity (Wildman–Crippen MR) is 84.5 cm³/mol. The number of H-pyrrole nitrogens is 1. The first-order chi connectivity index (χ1) is 9.67. The van der Waals surface area contributed by atoms with Gasteiger partial charge in [-0.15, -0.1) is 12.4 Å². The lowest BCUT2D eigenvalue weighted by molar-refractivity contribution is 0.0942. The molecular weight excluding hydrogens is 292 g/mol. The molecule has 1 aliphatic heterocycles. The van der Waals surface area contributed by atoms with Crippen molar-refractivity contribution < 1.29 is 9.53 Å². The topological polar surface area (TPSA) is 92.5 Å². The number of carbonyl (C=O) groups excluding carboxylic acids is 1. The third kappa shape index (κ3) is 2.21. The Hall–Kier alpha value is -2.21. The number of carbonyl (C=O) groups is 1. The second-order valence-corrected chi connectivity index (χ2v) is 4.76. The van der Waals surface area contributed by atoms with Crippen LogP contribution in [0.5, 0.6) is 5.75 Å². The van der Waals surface area contributed by atoms with Crippen LogP contribution in [-0.2, 0) is 6.42 Å². The normalized spacial score (nSPS) is 14.4. The molecule has 6 nitrogen and oxygen atoms in total. The van der Waals surface area contributed by atoms with Gasteiger partial charge in [-0.3, -0.25) is 4.79 Å². The van der Waals surface area contributed by atoms with Crippen LogP contribution in [0.1, 0.15) is 28.5 Å². The lowest BCUT2D eigenvalue weighted by atomic mass is 9.97. The van der Waals surface area contributed by atoms with Gasteiger partial charge >= 0.3 is 0 Å². The minimum Gasteiger partial charge on any atom is -0.496 e. The van der Waals surface area contributed by atoms with Gasteiger partial charge in [0.1, 0.15) is 11.4 Å². The zero-order valence-electron chi connectivity index (χ0n) is 11.8. The standard InChI is InChI=1S/C14H16N4O2.ClH/c1-7(18-15)11-10(20-2)4-3-9-12(11)8-5-6-16-14(19)13(8)17-9;/h3-4,17H,5-6,15H2,1-2H3,(H,16,19);1H/b18-7+;. The first-order valence-corrected chi connectivity index (χ1v) is 6.42. The van der Waals surface area contributed by atoms with E-state index in [1.165, 1.54) is 0 Å². The number of halogens is 1. The summed E-state index contributed by atoms with van der Waals surface area (Å²) >= 11 is 0. The third-order valence-corrected chi connectivity index (χ3v) is 3.69. The van der Waals surface area contributed by atoms with Crippen LogP contribution in [0.4, 0.5) is 0 Å². The van der Waals surface area contributed by atoms with E-state index in [-0.39, 0.29) is 18.3 Å². The van der Waals surface area contributed by atoms with E-state index in [1.54, 1.807) is 7.11 Å². The lowest BCUT2D eigenvalue weighted by Crippen LogP contribution is -2.31. The van der Waals surface area contributed by atoms with E-state index in [4.69, 9.17) is 10.6 Å². The largest absolute Gasteiger partial charge is 0.496 e. The quantitative estimate of drug-likeness (QED) is 0.446. The van der Waals surface area contributed by atoms with E-state index in [1.807, 2.05) is 19.1 Å². The fourth-order valence-corrected chi connectivity index (χ4v) is 2.76. The second kappa shape index (κ2) is 5.65. The van der Waals surface area contributed by atoms with Crippen molar-refractivity contribution in [2.75, 3.05) is 13.7 Å². The molecule has 0 unspecified atom stereocenters. The fourth-order valence-electron chi connectivity index (χ4n) is 2.76. The number of hydrazone groups is 1. The van der Waals surface area contributed by atoms with Crippen LogP contribution in [0.15, 0.2) is 17.2 Å². The number of fused-ring (bicyclic) bond motifs is 3. The Morgan fingerprint density at radius 2 is 2.19 bits per heavy atom. The van der Waals surface area contributed by atoms with E-state index >= 15 is 0 Å². The molecule has 0 spiro atoms. The first-order valence-electron chi connectivity index (χ1n) is 6.42. The highest BCUT2D eigenvalue weighted by Gasteiger charge is 2.25. The molecule has 0 radical (unpaired) electrons. The molecule has 0 aliphatic carbocycles. The van der Waals surface area contributed by atoms with Gasteiger partial charge in [0.2, 0.25) is 0 Å². The highest BCUT2D eigenvalue weighted by atomic mass is 35.5. The van der Waals surface area contributed by atoms with Gasteiger partial charge in [0.25, 0.3) is 5.91 Å². The number of aromatic amines is 1. The van der Waals surface area contributed by atoms with Crippen molar-refractivity contribution in [3.63, 3.8) is 0 Å². The van der Waals surface area contributed by atoms with Crippen molar-refractivity contribution in [1.29, 1.82) is 0 Å². The van der Waals surface area contributed by atoms with Gasteiger partial charge in [0.15, 0.2) is 0 Å². The van der Waals surface area contributed by atoms with Crippen molar-refractivity contribution in [3.05, 3.63) is 29.0 Å². The molecule has 2 aromatic rings. The summed E-state index contributed by atoms with van der Waals surface area (Å²) in [5.41, 5.74) is 4.04. The van der Waals surface area contributed by atoms with Crippen molar-refractivity contribution in [1.82, 2.24) is 10.3 Å². The summed E-state index contributed by atoms with van der Waals surface area (Å²) in [6.07, 6.45) is 0.777. The number of hydrogen-bond donors (Lipinski definition) is 3. The summed E-state index contributed by atoms with van der Waals surface area (Å²) in [5.74, 6) is 6.06. The fraction of sp³-hybridized carbons (Fsp3) is 0.286. The van der Waals surface area contributed by atoms with Crippen LogP contribution in [0.3, 0.4) is 0 Å². The predicted octanol–water partition coefficient (Wildman–Crippen LogP) is 1.57. The molecule has 0 bridgehead atoms. The van der Waals surface area contributed by atoms with E-state index in [2.05, 4.69) is 15.4 Å². The molecule has 7 heteroatoms. The number of methoxy groups -OCH3 is 1. The summed E-state index contributed by atoms with van der Waals surface area (Å²) in [4.78, 5) is 15.1. The van der Waals surface area contributed by atoms with Crippen molar-refractivity contribution in [3.8, 4) is 5.75 Å². The van der Waals surface area contributed by atoms with Gasteiger partial charge in [-0.2, -0.15) is 5.10 Å². The number of rotatable bonds is 2. The molecule has 0 saturated heterocycles. The molecule has 1 amide bonds. The Morgan fingerprint density at radius 1 is 1.43 bits per heavy atom. The molecule has 0 fully saturated rings. The second-order valence-electron chi connectivity index (χ2n) is 4.76. The number of amides is 1. The smallest absolute Gasteiger partial charge is 0.268 e. The summed E-state index contributed by atoms with van der Waals surface area (Å²) in [6, 6.07) is 3.76. The molecule has 0 saturated carbocycles. The van der Waals surface area contributed by atoms with Crippen molar-refractivity contribution in [2.45, 2.75) is 13.3 Å². The minimum atomic E-state index is -0.0743. The minimum absolute atomic E-state index is 0. The van der Waals surface area contributed by atoms with Crippen LogP contribution in [-0.4, -0.2) is 30.3 Å². The molecule has 0 atom stereocenters. The van der Waals surface area contributed by atoms with Crippen LogP contribution in [0, 0.1) is 0 Å². The molecule has 1 aliphatic rings. The Kier molecular flexibility index (Phi) is 4.09. The van der Waals surface area contributed by atoms with Gasteiger partial charge in [-0.1, -0.05) is 0 Å². The van der Waals surface area contributed by atoms with Crippen molar-refractivity contribution in [2.24, 2.45) is 10.9 Å². The number of benzene rings is 1. The van der Waals surface area contributed by atoms with Gasteiger partial charge in [0, 0.05) is 23.0 Å². The number of aromatic nitrogens is 1. The molecule has 1 aromatic heterocycles. The van der Waals surface area contributed by atoms with E-state index in [9.17, 15) is 4.79 Å². The monoisotopic (exact) mass is 308 g/mol. The summed E-state index contributed by atoms with van der Waals surface area (Å²) in [7, 11) is 1.61. The maximum absolute atomic E-state index is 11.9. The highest BCUT2D eigenvalue weighted by molar-refractivity contribution is 6.15. The molecule has 4 N–H and O–H groups in total. The SMILES string of the molecule is COc1ccc2[nH]c3c(c2c1/C(C)=N/N)CCNC3=O.Cl. The summed E-state index contributed by atoms with van der Waals surface area (Å²) < 4.78 is 5.41. The number of ether oxygens (including phenoxy) is 1. The van der Waals surface area contributed by atoms with E-state index in [0.29, 0.717) is 23.7 Å². The van der Waals surface area contributed by atoms with Crippen molar-refractivity contribution >= 4 is 34.9 Å². The Labute approximate surface area is 128 Å². The summed E-state index contributed by atoms with van der Waals surface area (Å²) in [5, 5.41) is 7.59. The lowest BCUT2D eigenvalue weighted by Gasteiger charge is -2.14. The number of nitrogens with zero attached hydrogens (tertiary/aromatic N) is 1. The average Bonchev–Trinajstić information content (AvgIpc) is 2.85. The van der Waals surface area contributed by atoms with Crippen LogP contribution >= 0.6 is 12.4 Å². The summed E-state index contributed by atoms with van der Waals surface area (Å²) in [6.45, 7) is 2.47. The zero-order valence-corrected chi connectivity index (χ0v) is 12.6. The average molecular weight is 309 g/mol. The molecular formula is C14H17ClN4O2. The van der Waals surface area contributed by atoms with Crippen LogP contribution in [0.25, 0.3) is 10.9 Å². The molecule has 1 aromatic carbocycles. The van der Waals surface area contributed by atoms with Gasteiger partial charge in [0.05, 0.1) is 12.8 Å². The highest BCUT2D eigenvalue weighted by Crippen LogP contribution is 2.34. The Bertz CT molecular complexity index is 736. The van der Waals surface area contributed by atoms with E-state index < -0.39 is 0 Å². The van der Waals surface area contributed by atoms with Gasteiger partial charge in [-0.05, 0) is 31.0 Å². The van der Waals surface area contributed by atoms with Gasteiger partial charge < -0.3 is 20.9 Å². The molecule has 21 heavy (non-hydrogen) atoms. The molecule has 112 valence electrons. The maximum Gasteiger partial charge on any atom is 0.268 e. The van der Waals surface area contributed by atoms with E-state index in [0.717, 1.165) is 28.5 Å². The molecule has 3 rings (SSSR count).